The number of nitrogens with one attached hydrogen (secondary N) is 4. The number of aromatic amines is 2. The van der Waals surface area contributed by atoms with Crippen molar-refractivity contribution in [1.29, 1.82) is 0 Å². The molecular formula is C31H24Cl2N8O2. The van der Waals surface area contributed by atoms with Crippen LogP contribution in [-0.4, -0.2) is 31.8 Å². The smallest absolute Gasteiger partial charge is 0.275 e. The topological polar surface area (TPSA) is 140 Å². The molecule has 214 valence electrons. The van der Waals surface area contributed by atoms with Crippen molar-refractivity contribution in [2.75, 3.05) is 10.9 Å². The normalized spacial score (nSPS) is 12.0. The Morgan fingerprint density at radius 3 is 1.79 bits per heavy atom. The molecule has 2 heterocycles. The zero-order chi connectivity index (χ0) is 30.0. The summed E-state index contributed by atoms with van der Waals surface area (Å²) < 4.78 is 0. The third-order valence-electron chi connectivity index (χ3n) is 6.15. The van der Waals surface area contributed by atoms with Crippen molar-refractivity contribution < 1.29 is 0 Å². The second-order valence-electron chi connectivity index (χ2n) is 9.07. The van der Waals surface area contributed by atoms with Gasteiger partial charge in [-0.05, 0) is 18.1 Å². The van der Waals surface area contributed by atoms with Crippen LogP contribution >= 0.6 is 23.2 Å². The lowest BCUT2D eigenvalue weighted by atomic mass is 10.00. The van der Waals surface area contributed by atoms with E-state index in [2.05, 4.69) is 41.4 Å². The first-order valence-corrected chi connectivity index (χ1v) is 13.8. The van der Waals surface area contributed by atoms with Crippen LogP contribution in [0, 0.1) is 0 Å². The van der Waals surface area contributed by atoms with Gasteiger partial charge in [0.1, 0.15) is 21.4 Å². The van der Waals surface area contributed by atoms with Crippen molar-refractivity contribution in [2.24, 2.45) is 10.2 Å². The van der Waals surface area contributed by atoms with Crippen LogP contribution in [0.15, 0.2) is 129 Å². The lowest BCUT2D eigenvalue weighted by Gasteiger charge is -2.10. The molecule has 0 atom stereocenters. The van der Waals surface area contributed by atoms with Gasteiger partial charge in [0.25, 0.3) is 11.1 Å². The number of nitrogens with zero attached hydrogens (tertiary/aromatic N) is 4. The van der Waals surface area contributed by atoms with E-state index in [1.54, 1.807) is 0 Å². The number of allylic oxidation sites excluding steroid dienone is 2. The molecule has 5 rings (SSSR count). The number of rotatable bonds is 10. The maximum atomic E-state index is 11.8. The molecule has 0 aliphatic heterocycles. The monoisotopic (exact) mass is 610 g/mol. The summed E-state index contributed by atoms with van der Waals surface area (Å²) in [5.74, 6) is 0. The number of benzene rings is 3. The largest absolute Gasteiger partial charge is 0.285 e. The molecule has 2 aromatic heterocycles. The molecule has 0 bridgehead atoms. The highest BCUT2D eigenvalue weighted by atomic mass is 35.5. The van der Waals surface area contributed by atoms with Crippen molar-refractivity contribution in [1.82, 2.24) is 20.4 Å². The van der Waals surface area contributed by atoms with E-state index in [1.807, 2.05) is 97.1 Å². The van der Waals surface area contributed by atoms with Gasteiger partial charge in [0.2, 0.25) is 0 Å². The average molecular weight is 611 g/mol. The summed E-state index contributed by atoms with van der Waals surface area (Å²) in [6.45, 7) is 0. The van der Waals surface area contributed by atoms with Crippen LogP contribution in [0.5, 0.6) is 0 Å². The number of aromatic nitrogens is 4. The predicted octanol–water partition coefficient (Wildman–Crippen LogP) is 5.64. The SMILES string of the molecule is O=c1[nH]ncc(N/N=C(/C=C/Cc2ccc(/C(=N\Nc3cn[nH]c(=O)c3Cl)c3ccccc3)cc2)c2ccccc2)c1Cl. The Morgan fingerprint density at radius 2 is 1.21 bits per heavy atom. The molecule has 5 aromatic rings. The number of H-pyrrole nitrogens is 2. The molecule has 0 radical (unpaired) electrons. The number of hydrogen-bond donors (Lipinski definition) is 4. The first-order valence-electron chi connectivity index (χ1n) is 13.0. The van der Waals surface area contributed by atoms with Crippen molar-refractivity contribution in [2.45, 2.75) is 6.42 Å². The van der Waals surface area contributed by atoms with Crippen LogP contribution in [0.3, 0.4) is 0 Å². The molecule has 0 saturated heterocycles. The van der Waals surface area contributed by atoms with Gasteiger partial charge in [-0.25, -0.2) is 10.2 Å². The summed E-state index contributed by atoms with van der Waals surface area (Å²) in [6, 6.07) is 27.3. The first-order chi connectivity index (χ1) is 21.0. The third-order valence-corrected chi connectivity index (χ3v) is 6.90. The highest BCUT2D eigenvalue weighted by molar-refractivity contribution is 6.33. The second kappa shape index (κ2) is 14.0. The molecule has 10 nitrogen and oxygen atoms in total. The van der Waals surface area contributed by atoms with E-state index < -0.39 is 11.1 Å². The summed E-state index contributed by atoms with van der Waals surface area (Å²) in [4.78, 5) is 23.6. The molecule has 0 fully saturated rings. The minimum absolute atomic E-state index is 0.0268. The highest BCUT2D eigenvalue weighted by Gasteiger charge is 2.10. The Morgan fingerprint density at radius 1 is 0.698 bits per heavy atom. The molecule has 0 unspecified atom stereocenters. The second-order valence-corrected chi connectivity index (χ2v) is 9.83. The van der Waals surface area contributed by atoms with E-state index in [0.717, 1.165) is 22.3 Å². The minimum Gasteiger partial charge on any atom is -0.275 e. The fraction of sp³-hybridized carbons (Fsp3) is 0.0323. The van der Waals surface area contributed by atoms with Crippen LogP contribution < -0.4 is 22.0 Å². The molecule has 0 saturated carbocycles. The summed E-state index contributed by atoms with van der Waals surface area (Å²) in [5, 5.41) is 21.1. The molecule has 12 heteroatoms. The Hall–Kier alpha value is -5.32. The number of halogens is 2. The van der Waals surface area contributed by atoms with Gasteiger partial charge in [0.05, 0.1) is 23.8 Å². The van der Waals surface area contributed by atoms with E-state index in [0.29, 0.717) is 29.2 Å². The third kappa shape index (κ3) is 7.50. The van der Waals surface area contributed by atoms with Gasteiger partial charge in [0, 0.05) is 16.7 Å². The highest BCUT2D eigenvalue weighted by Crippen LogP contribution is 2.18. The van der Waals surface area contributed by atoms with Crippen LogP contribution in [-0.2, 0) is 6.42 Å². The summed E-state index contributed by atoms with van der Waals surface area (Å²) >= 11 is 12.2. The van der Waals surface area contributed by atoms with E-state index in [-0.39, 0.29) is 10.0 Å². The van der Waals surface area contributed by atoms with Gasteiger partial charge >= 0.3 is 0 Å². The van der Waals surface area contributed by atoms with Gasteiger partial charge in [0.15, 0.2) is 0 Å². The Labute approximate surface area is 255 Å². The maximum Gasteiger partial charge on any atom is 0.285 e. The zero-order valence-corrected chi connectivity index (χ0v) is 24.0. The number of hydrazone groups is 2. The van der Waals surface area contributed by atoms with E-state index in [4.69, 9.17) is 23.2 Å². The molecule has 43 heavy (non-hydrogen) atoms. The fourth-order valence-corrected chi connectivity index (χ4v) is 4.23. The van der Waals surface area contributed by atoms with Crippen molar-refractivity contribution in [3.8, 4) is 0 Å². The molecule has 3 aromatic carbocycles. The molecule has 4 N–H and O–H groups in total. The van der Waals surface area contributed by atoms with Crippen molar-refractivity contribution in [3.05, 3.63) is 162 Å². The Balaban J connectivity index is 1.36. The van der Waals surface area contributed by atoms with Gasteiger partial charge < -0.3 is 0 Å². The standard InChI is InChI=1S/C31H24Cl2N8O2/c32-27-25(18-34-40-30(27)42)37-36-24(21-9-3-1-4-10-21)13-7-8-20-14-16-23(17-15-20)29(22-11-5-2-6-12-22)39-38-26-19-35-41-31(43)28(26)33/h1-7,9-19H,8H2,(H2,37,40,42)(H2,38,41,43)/b13-7+,36-24-,39-29-. The van der Waals surface area contributed by atoms with Gasteiger partial charge in [-0.2, -0.15) is 20.4 Å². The quantitative estimate of drug-likeness (QED) is 0.119. The molecular weight excluding hydrogens is 587 g/mol. The van der Waals surface area contributed by atoms with E-state index >= 15 is 0 Å². The van der Waals surface area contributed by atoms with Crippen molar-refractivity contribution in [3.63, 3.8) is 0 Å². The lowest BCUT2D eigenvalue weighted by molar-refractivity contribution is 0.987. The van der Waals surface area contributed by atoms with Gasteiger partial charge in [-0.1, -0.05) is 114 Å². The minimum atomic E-state index is -0.507. The molecule has 0 aliphatic rings. The van der Waals surface area contributed by atoms with Gasteiger partial charge in [-0.15, -0.1) is 0 Å². The average Bonchev–Trinajstić information content (AvgIpc) is 3.04. The number of hydrogen-bond acceptors (Lipinski definition) is 8. The molecule has 0 amide bonds. The van der Waals surface area contributed by atoms with Crippen molar-refractivity contribution >= 4 is 46.0 Å². The summed E-state index contributed by atoms with van der Waals surface area (Å²) in [5.41, 5.74) is 10.3. The molecule has 0 aliphatic carbocycles. The van der Waals surface area contributed by atoms with Crippen LogP contribution in [0.2, 0.25) is 10.0 Å². The predicted molar refractivity (Wildman–Crippen MR) is 171 cm³/mol. The fourth-order valence-electron chi connectivity index (χ4n) is 3.96. The summed E-state index contributed by atoms with van der Waals surface area (Å²) in [7, 11) is 0. The first kappa shape index (κ1) is 29.2. The maximum absolute atomic E-state index is 11.8. The lowest BCUT2D eigenvalue weighted by Crippen LogP contribution is -2.12. The van der Waals surface area contributed by atoms with Gasteiger partial charge in [-0.3, -0.25) is 20.4 Å². The van der Waals surface area contributed by atoms with E-state index in [1.165, 1.54) is 12.4 Å². The van der Waals surface area contributed by atoms with Crippen LogP contribution in [0.4, 0.5) is 11.4 Å². The number of anilines is 2. The Bertz CT molecular complexity index is 1900. The van der Waals surface area contributed by atoms with E-state index in [9.17, 15) is 9.59 Å². The zero-order valence-electron chi connectivity index (χ0n) is 22.5. The molecule has 0 spiro atoms. The van der Waals surface area contributed by atoms with Crippen LogP contribution in [0.25, 0.3) is 0 Å². The summed E-state index contributed by atoms with van der Waals surface area (Å²) in [6.07, 6.45) is 7.32. The Kier molecular flexibility index (Phi) is 9.53. The van der Waals surface area contributed by atoms with Crippen LogP contribution in [0.1, 0.15) is 22.3 Å².